The lowest BCUT2D eigenvalue weighted by molar-refractivity contribution is -0.141. The number of rotatable bonds is 2. The summed E-state index contributed by atoms with van der Waals surface area (Å²) in [6.07, 6.45) is 0.330. The monoisotopic (exact) mass is 206 g/mol. The standard InChI is InChI=1S/C12H14O3/c1-8-7-11(13)15-12(8)9-5-3-4-6-10(9)14-2/h3-6,8,12H,7H2,1-2H3/t8-,12+/m1/s1. The molecule has 0 N–H and O–H groups in total. The molecule has 1 aliphatic heterocycles. The van der Waals surface area contributed by atoms with E-state index in [-0.39, 0.29) is 18.0 Å². The molecule has 15 heavy (non-hydrogen) atoms. The Hall–Kier alpha value is -1.51. The molecule has 2 rings (SSSR count). The van der Waals surface area contributed by atoms with Gasteiger partial charge in [-0.15, -0.1) is 0 Å². The van der Waals surface area contributed by atoms with Crippen LogP contribution in [0.5, 0.6) is 5.75 Å². The predicted molar refractivity (Wildman–Crippen MR) is 55.6 cm³/mol. The maximum absolute atomic E-state index is 11.2. The Bertz CT molecular complexity index is 373. The molecule has 1 aliphatic rings. The minimum Gasteiger partial charge on any atom is -0.496 e. The molecular formula is C12H14O3. The van der Waals surface area contributed by atoms with Crippen LogP contribution in [0, 0.1) is 5.92 Å². The van der Waals surface area contributed by atoms with Crippen LogP contribution in [0.4, 0.5) is 0 Å². The predicted octanol–water partition coefficient (Wildman–Crippen LogP) is 2.32. The van der Waals surface area contributed by atoms with Gasteiger partial charge in [0.2, 0.25) is 0 Å². The Labute approximate surface area is 89.0 Å². The Morgan fingerprint density at radius 3 is 2.73 bits per heavy atom. The molecule has 1 aromatic carbocycles. The van der Waals surface area contributed by atoms with Crippen molar-refractivity contribution in [3.63, 3.8) is 0 Å². The van der Waals surface area contributed by atoms with Crippen molar-refractivity contribution in [3.05, 3.63) is 29.8 Å². The highest BCUT2D eigenvalue weighted by molar-refractivity contribution is 5.72. The zero-order valence-corrected chi connectivity index (χ0v) is 8.90. The van der Waals surface area contributed by atoms with Crippen LogP contribution in [-0.4, -0.2) is 13.1 Å². The molecule has 1 heterocycles. The highest BCUT2D eigenvalue weighted by atomic mass is 16.6. The van der Waals surface area contributed by atoms with E-state index in [0.29, 0.717) is 6.42 Å². The van der Waals surface area contributed by atoms with Crippen molar-refractivity contribution in [2.24, 2.45) is 5.92 Å². The lowest BCUT2D eigenvalue weighted by Crippen LogP contribution is -2.05. The van der Waals surface area contributed by atoms with Gasteiger partial charge in [0, 0.05) is 11.5 Å². The summed E-state index contributed by atoms with van der Waals surface area (Å²) in [5.41, 5.74) is 0.957. The van der Waals surface area contributed by atoms with Gasteiger partial charge in [-0.2, -0.15) is 0 Å². The van der Waals surface area contributed by atoms with Crippen molar-refractivity contribution in [1.29, 1.82) is 0 Å². The van der Waals surface area contributed by atoms with Crippen LogP contribution in [0.2, 0.25) is 0 Å². The van der Waals surface area contributed by atoms with Gasteiger partial charge in [-0.25, -0.2) is 0 Å². The Balaban J connectivity index is 2.32. The van der Waals surface area contributed by atoms with Crippen LogP contribution in [-0.2, 0) is 9.53 Å². The summed E-state index contributed by atoms with van der Waals surface area (Å²) >= 11 is 0. The number of ether oxygens (including phenoxy) is 2. The average Bonchev–Trinajstić information content (AvgIpc) is 2.57. The van der Waals surface area contributed by atoms with Crippen LogP contribution >= 0.6 is 0 Å². The second kappa shape index (κ2) is 3.93. The zero-order chi connectivity index (χ0) is 10.8. The third-order valence-electron chi connectivity index (χ3n) is 2.71. The number of hydrogen-bond acceptors (Lipinski definition) is 3. The molecule has 0 saturated carbocycles. The quantitative estimate of drug-likeness (QED) is 0.696. The molecule has 0 aliphatic carbocycles. The number of carbonyl (C=O) groups excluding carboxylic acids is 1. The number of carbonyl (C=O) groups is 1. The molecule has 0 spiro atoms. The lowest BCUT2D eigenvalue weighted by Gasteiger charge is -2.16. The number of esters is 1. The van der Waals surface area contributed by atoms with Gasteiger partial charge >= 0.3 is 5.97 Å². The maximum atomic E-state index is 11.2. The first-order valence-electron chi connectivity index (χ1n) is 5.04. The minimum absolute atomic E-state index is 0.126. The van der Waals surface area contributed by atoms with Gasteiger partial charge in [-0.1, -0.05) is 25.1 Å². The second-order valence-electron chi connectivity index (χ2n) is 3.83. The number of hydrogen-bond donors (Lipinski definition) is 0. The van der Waals surface area contributed by atoms with Crippen molar-refractivity contribution in [2.45, 2.75) is 19.4 Å². The van der Waals surface area contributed by atoms with Crippen LogP contribution in [0.1, 0.15) is 25.0 Å². The summed E-state index contributed by atoms with van der Waals surface area (Å²) in [4.78, 5) is 11.2. The van der Waals surface area contributed by atoms with Crippen molar-refractivity contribution in [1.82, 2.24) is 0 Å². The Kier molecular flexibility index (Phi) is 2.62. The smallest absolute Gasteiger partial charge is 0.306 e. The molecular weight excluding hydrogens is 192 g/mol. The van der Waals surface area contributed by atoms with E-state index in [1.807, 2.05) is 31.2 Å². The van der Waals surface area contributed by atoms with Gasteiger partial charge in [-0.05, 0) is 6.07 Å². The van der Waals surface area contributed by atoms with Gasteiger partial charge in [0.1, 0.15) is 11.9 Å². The highest BCUT2D eigenvalue weighted by Crippen LogP contribution is 2.38. The fourth-order valence-electron chi connectivity index (χ4n) is 1.95. The summed E-state index contributed by atoms with van der Waals surface area (Å²) in [7, 11) is 1.63. The molecule has 1 aromatic rings. The van der Waals surface area contributed by atoms with Crippen LogP contribution in [0.25, 0.3) is 0 Å². The molecule has 0 amide bonds. The lowest BCUT2D eigenvalue weighted by atomic mass is 9.96. The summed E-state index contributed by atoms with van der Waals surface area (Å²) in [6.45, 7) is 2.02. The molecule has 0 radical (unpaired) electrons. The van der Waals surface area contributed by atoms with Gasteiger partial charge in [0.05, 0.1) is 13.5 Å². The first-order valence-corrected chi connectivity index (χ1v) is 5.04. The fraction of sp³-hybridized carbons (Fsp3) is 0.417. The van der Waals surface area contributed by atoms with Crippen LogP contribution in [0.3, 0.4) is 0 Å². The van der Waals surface area contributed by atoms with Gasteiger partial charge < -0.3 is 9.47 Å². The molecule has 1 fully saturated rings. The Morgan fingerprint density at radius 1 is 1.40 bits per heavy atom. The summed E-state index contributed by atoms with van der Waals surface area (Å²) in [6, 6.07) is 7.66. The maximum Gasteiger partial charge on any atom is 0.306 e. The van der Waals surface area contributed by atoms with E-state index >= 15 is 0 Å². The van der Waals surface area contributed by atoms with E-state index in [9.17, 15) is 4.79 Å². The van der Waals surface area contributed by atoms with Crippen molar-refractivity contribution in [3.8, 4) is 5.75 Å². The van der Waals surface area contributed by atoms with Crippen molar-refractivity contribution < 1.29 is 14.3 Å². The number of cyclic esters (lactones) is 1. The van der Waals surface area contributed by atoms with Gasteiger partial charge in [0.25, 0.3) is 0 Å². The SMILES string of the molecule is COc1ccccc1[C@H]1OC(=O)C[C@H]1C. The molecule has 0 aromatic heterocycles. The summed E-state index contributed by atoms with van der Waals surface area (Å²) in [5.74, 6) is 0.872. The number of benzene rings is 1. The van der Waals surface area contributed by atoms with Crippen LogP contribution < -0.4 is 4.74 Å². The van der Waals surface area contributed by atoms with E-state index in [1.165, 1.54) is 0 Å². The Morgan fingerprint density at radius 2 is 2.13 bits per heavy atom. The summed E-state index contributed by atoms with van der Waals surface area (Å²) in [5, 5.41) is 0. The largest absolute Gasteiger partial charge is 0.496 e. The van der Waals surface area contributed by atoms with Gasteiger partial charge in [-0.3, -0.25) is 4.79 Å². The minimum atomic E-state index is -0.159. The normalized spacial score (nSPS) is 25.1. The zero-order valence-electron chi connectivity index (χ0n) is 8.90. The van der Waals surface area contributed by atoms with Gasteiger partial charge in [0.15, 0.2) is 0 Å². The molecule has 80 valence electrons. The first kappa shape index (κ1) is 10.0. The molecule has 3 nitrogen and oxygen atoms in total. The topological polar surface area (TPSA) is 35.5 Å². The van der Waals surface area contributed by atoms with E-state index in [4.69, 9.17) is 9.47 Å². The average molecular weight is 206 g/mol. The molecule has 0 bridgehead atoms. The summed E-state index contributed by atoms with van der Waals surface area (Å²) < 4.78 is 10.5. The highest BCUT2D eigenvalue weighted by Gasteiger charge is 2.34. The molecule has 3 heteroatoms. The van der Waals surface area contributed by atoms with Crippen molar-refractivity contribution >= 4 is 5.97 Å². The second-order valence-corrected chi connectivity index (χ2v) is 3.83. The van der Waals surface area contributed by atoms with E-state index in [0.717, 1.165) is 11.3 Å². The van der Waals surface area contributed by atoms with E-state index < -0.39 is 0 Å². The van der Waals surface area contributed by atoms with E-state index in [2.05, 4.69) is 0 Å². The first-order chi connectivity index (χ1) is 7.22. The van der Waals surface area contributed by atoms with E-state index in [1.54, 1.807) is 7.11 Å². The third kappa shape index (κ3) is 1.82. The number of methoxy groups -OCH3 is 1. The third-order valence-corrected chi connectivity index (χ3v) is 2.71. The van der Waals surface area contributed by atoms with Crippen molar-refractivity contribution in [2.75, 3.05) is 7.11 Å². The molecule has 1 saturated heterocycles. The molecule has 0 unspecified atom stereocenters. The number of para-hydroxylation sites is 1. The molecule has 2 atom stereocenters. The fourth-order valence-corrected chi connectivity index (χ4v) is 1.95. The van der Waals surface area contributed by atoms with Crippen LogP contribution in [0.15, 0.2) is 24.3 Å².